The Morgan fingerprint density at radius 3 is 2.63 bits per heavy atom. The van der Waals surface area contributed by atoms with Crippen LogP contribution in [-0.4, -0.2) is 19.8 Å². The summed E-state index contributed by atoms with van der Waals surface area (Å²) in [6, 6.07) is 2.91. The van der Waals surface area contributed by atoms with Gasteiger partial charge in [0.1, 0.15) is 11.6 Å². The number of hydrogen-bond donors (Lipinski definition) is 1. The van der Waals surface area contributed by atoms with Crippen LogP contribution in [0.5, 0.6) is 5.75 Å². The standard InChI is InChI=1S/C13H15F4NO/c1-19-8-4-5-9(11(14)7-8)12-10(13(15,16)17)3-2-6-18-12/h4-5,7,10,12,18H,2-3,6H2,1H3. The third-order valence-corrected chi connectivity index (χ3v) is 3.42. The van der Waals surface area contributed by atoms with E-state index in [1.54, 1.807) is 0 Å². The van der Waals surface area contributed by atoms with Gasteiger partial charge in [-0.25, -0.2) is 4.39 Å². The van der Waals surface area contributed by atoms with Crippen molar-refractivity contribution in [2.45, 2.75) is 25.1 Å². The minimum atomic E-state index is -4.33. The maximum absolute atomic E-state index is 13.9. The molecule has 1 saturated heterocycles. The van der Waals surface area contributed by atoms with E-state index < -0.39 is 24.0 Å². The molecule has 2 atom stereocenters. The third kappa shape index (κ3) is 3.00. The van der Waals surface area contributed by atoms with Crippen molar-refractivity contribution < 1.29 is 22.3 Å². The Morgan fingerprint density at radius 2 is 2.05 bits per heavy atom. The number of rotatable bonds is 2. The van der Waals surface area contributed by atoms with Gasteiger partial charge in [-0.1, -0.05) is 6.07 Å². The quantitative estimate of drug-likeness (QED) is 0.836. The highest BCUT2D eigenvalue weighted by atomic mass is 19.4. The molecule has 2 unspecified atom stereocenters. The van der Waals surface area contributed by atoms with Gasteiger partial charge in [-0.3, -0.25) is 0 Å². The molecule has 0 spiro atoms. The van der Waals surface area contributed by atoms with Crippen LogP contribution in [0.15, 0.2) is 18.2 Å². The SMILES string of the molecule is COc1ccc(C2NCCCC2C(F)(F)F)c(F)c1. The molecule has 0 aliphatic carbocycles. The fourth-order valence-electron chi connectivity index (χ4n) is 2.45. The highest BCUT2D eigenvalue weighted by Crippen LogP contribution is 2.42. The van der Waals surface area contributed by atoms with E-state index in [-0.39, 0.29) is 12.0 Å². The summed E-state index contributed by atoms with van der Waals surface area (Å²) >= 11 is 0. The van der Waals surface area contributed by atoms with Crippen molar-refractivity contribution >= 4 is 0 Å². The molecule has 6 heteroatoms. The molecule has 2 rings (SSSR count). The fourth-order valence-corrected chi connectivity index (χ4v) is 2.45. The zero-order chi connectivity index (χ0) is 14.0. The Morgan fingerprint density at radius 1 is 1.32 bits per heavy atom. The van der Waals surface area contributed by atoms with E-state index >= 15 is 0 Å². The number of hydrogen-bond acceptors (Lipinski definition) is 2. The van der Waals surface area contributed by atoms with Gasteiger partial charge in [0.25, 0.3) is 0 Å². The van der Waals surface area contributed by atoms with Crippen LogP contribution in [-0.2, 0) is 0 Å². The first-order valence-corrected chi connectivity index (χ1v) is 6.07. The summed E-state index contributed by atoms with van der Waals surface area (Å²) in [5.74, 6) is -1.93. The molecule has 106 valence electrons. The fraction of sp³-hybridized carbons (Fsp3) is 0.538. The molecule has 1 aliphatic rings. The first-order chi connectivity index (χ1) is 8.93. The summed E-state index contributed by atoms with van der Waals surface area (Å²) in [5.41, 5.74) is 0.0443. The summed E-state index contributed by atoms with van der Waals surface area (Å²) in [5, 5.41) is 2.77. The monoisotopic (exact) mass is 277 g/mol. The van der Waals surface area contributed by atoms with E-state index in [1.807, 2.05) is 0 Å². The lowest BCUT2D eigenvalue weighted by atomic mass is 9.85. The molecule has 0 saturated carbocycles. The highest BCUT2D eigenvalue weighted by molar-refractivity contribution is 5.31. The van der Waals surface area contributed by atoms with Crippen LogP contribution < -0.4 is 10.1 Å². The van der Waals surface area contributed by atoms with Gasteiger partial charge in [0.05, 0.1) is 13.0 Å². The van der Waals surface area contributed by atoms with Crippen molar-refractivity contribution in [3.63, 3.8) is 0 Å². The number of nitrogens with one attached hydrogen (secondary N) is 1. The topological polar surface area (TPSA) is 21.3 Å². The molecular formula is C13H15F4NO. The number of ether oxygens (including phenoxy) is 1. The Hall–Kier alpha value is -1.30. The molecule has 1 N–H and O–H groups in total. The van der Waals surface area contributed by atoms with Crippen LogP contribution >= 0.6 is 0 Å². The Bertz CT molecular complexity index is 447. The second-order valence-corrected chi connectivity index (χ2v) is 4.61. The minimum absolute atomic E-state index is 0.0205. The molecule has 0 amide bonds. The van der Waals surface area contributed by atoms with Crippen molar-refractivity contribution in [1.29, 1.82) is 0 Å². The van der Waals surface area contributed by atoms with Crippen LogP contribution in [0, 0.1) is 11.7 Å². The summed E-state index contributed by atoms with van der Waals surface area (Å²) in [7, 11) is 1.38. The first-order valence-electron chi connectivity index (χ1n) is 6.07. The molecule has 0 aromatic heterocycles. The zero-order valence-electron chi connectivity index (χ0n) is 10.4. The average molecular weight is 277 g/mol. The Kier molecular flexibility index (Phi) is 3.99. The molecule has 1 aromatic carbocycles. The summed E-state index contributed by atoms with van der Waals surface area (Å²) in [4.78, 5) is 0. The lowest BCUT2D eigenvalue weighted by Gasteiger charge is -2.34. The first kappa shape index (κ1) is 14.1. The summed E-state index contributed by atoms with van der Waals surface area (Å²) in [6.45, 7) is 0.461. The van der Waals surface area contributed by atoms with E-state index in [4.69, 9.17) is 4.74 Å². The van der Waals surface area contributed by atoms with Gasteiger partial charge < -0.3 is 10.1 Å². The van der Waals surface area contributed by atoms with Crippen molar-refractivity contribution in [1.82, 2.24) is 5.32 Å². The van der Waals surface area contributed by atoms with E-state index in [2.05, 4.69) is 5.32 Å². The summed E-state index contributed by atoms with van der Waals surface area (Å²) < 4.78 is 57.6. The van der Waals surface area contributed by atoms with E-state index in [0.29, 0.717) is 18.7 Å². The molecule has 0 radical (unpaired) electrons. The number of piperidine rings is 1. The normalized spacial score (nSPS) is 24.3. The smallest absolute Gasteiger partial charge is 0.393 e. The molecule has 1 fully saturated rings. The lowest BCUT2D eigenvalue weighted by molar-refractivity contribution is -0.189. The number of benzene rings is 1. The van der Waals surface area contributed by atoms with Crippen LogP contribution in [0.25, 0.3) is 0 Å². The van der Waals surface area contributed by atoms with Crippen LogP contribution in [0.4, 0.5) is 17.6 Å². The van der Waals surface area contributed by atoms with Crippen molar-refractivity contribution in [2.24, 2.45) is 5.92 Å². The van der Waals surface area contributed by atoms with Gasteiger partial charge in [-0.05, 0) is 25.5 Å². The van der Waals surface area contributed by atoms with E-state index in [1.165, 1.54) is 19.2 Å². The second kappa shape index (κ2) is 5.36. The van der Waals surface area contributed by atoms with E-state index in [0.717, 1.165) is 6.07 Å². The van der Waals surface area contributed by atoms with Crippen molar-refractivity contribution in [3.05, 3.63) is 29.6 Å². The molecule has 1 heterocycles. The van der Waals surface area contributed by atoms with Gasteiger partial charge in [-0.2, -0.15) is 13.2 Å². The second-order valence-electron chi connectivity index (χ2n) is 4.61. The lowest BCUT2D eigenvalue weighted by Crippen LogP contribution is -2.41. The van der Waals surface area contributed by atoms with Crippen LogP contribution in [0.2, 0.25) is 0 Å². The third-order valence-electron chi connectivity index (χ3n) is 3.42. The van der Waals surface area contributed by atoms with Gasteiger partial charge in [0.2, 0.25) is 0 Å². The van der Waals surface area contributed by atoms with Crippen molar-refractivity contribution in [3.8, 4) is 5.75 Å². The highest BCUT2D eigenvalue weighted by Gasteiger charge is 2.46. The zero-order valence-corrected chi connectivity index (χ0v) is 10.4. The predicted molar refractivity (Wildman–Crippen MR) is 62.5 cm³/mol. The molecule has 0 bridgehead atoms. The maximum atomic E-state index is 13.9. The molecule has 1 aliphatic heterocycles. The van der Waals surface area contributed by atoms with Crippen LogP contribution in [0.1, 0.15) is 24.4 Å². The number of alkyl halides is 3. The molecule has 2 nitrogen and oxygen atoms in total. The van der Waals surface area contributed by atoms with E-state index in [9.17, 15) is 17.6 Å². The molecule has 19 heavy (non-hydrogen) atoms. The van der Waals surface area contributed by atoms with Crippen LogP contribution in [0.3, 0.4) is 0 Å². The minimum Gasteiger partial charge on any atom is -0.497 e. The van der Waals surface area contributed by atoms with Gasteiger partial charge >= 0.3 is 6.18 Å². The number of halogens is 4. The van der Waals surface area contributed by atoms with Gasteiger partial charge in [-0.15, -0.1) is 0 Å². The number of methoxy groups -OCH3 is 1. The Labute approximate surface area is 108 Å². The predicted octanol–water partition coefficient (Wildman–Crippen LogP) is 3.44. The maximum Gasteiger partial charge on any atom is 0.393 e. The van der Waals surface area contributed by atoms with Gasteiger partial charge in [0, 0.05) is 17.7 Å². The molecule has 1 aromatic rings. The molecular weight excluding hydrogens is 262 g/mol. The van der Waals surface area contributed by atoms with Crippen molar-refractivity contribution in [2.75, 3.05) is 13.7 Å². The Balaban J connectivity index is 2.32. The summed E-state index contributed by atoms with van der Waals surface area (Å²) in [6.07, 6.45) is -3.87. The average Bonchev–Trinajstić information content (AvgIpc) is 2.37. The van der Waals surface area contributed by atoms with Gasteiger partial charge in [0.15, 0.2) is 0 Å². The largest absolute Gasteiger partial charge is 0.497 e.